The zero-order valence-electron chi connectivity index (χ0n) is 18.4. The molecule has 3 aromatic carbocycles. The molecule has 0 aliphatic heterocycles. The van der Waals surface area contributed by atoms with Crippen LogP contribution in [0.25, 0.3) is 28.1 Å². The van der Waals surface area contributed by atoms with Crippen molar-refractivity contribution in [2.45, 2.75) is 12.8 Å². The zero-order valence-corrected chi connectivity index (χ0v) is 19.1. The maximum Gasteiger partial charge on any atom is 0.191 e. The number of hydrogen-bond acceptors (Lipinski definition) is 4. The molecule has 0 bridgehead atoms. The number of rotatable bonds is 4. The van der Waals surface area contributed by atoms with Gasteiger partial charge in [0, 0.05) is 21.5 Å². The molecule has 1 aliphatic carbocycles. The van der Waals surface area contributed by atoms with Crippen molar-refractivity contribution in [2.24, 2.45) is 0 Å². The molecule has 33 heavy (non-hydrogen) atoms. The Morgan fingerprint density at radius 2 is 1.67 bits per heavy atom. The summed E-state index contributed by atoms with van der Waals surface area (Å²) in [7, 11) is 3.21. The number of ether oxygens (including phenoxy) is 2. The van der Waals surface area contributed by atoms with E-state index in [4.69, 9.17) is 26.1 Å². The van der Waals surface area contributed by atoms with Gasteiger partial charge >= 0.3 is 0 Å². The van der Waals surface area contributed by atoms with Gasteiger partial charge in [-0.3, -0.25) is 9.78 Å². The number of ketones is 1. The fraction of sp³-hybridized carbons (Fsp3) is 0.143. The van der Waals surface area contributed by atoms with Gasteiger partial charge in [-0.2, -0.15) is 0 Å². The highest BCUT2D eigenvalue weighted by Gasteiger charge is 2.28. The quantitative estimate of drug-likeness (QED) is 0.318. The normalized spacial score (nSPS) is 14.4. The van der Waals surface area contributed by atoms with Crippen molar-refractivity contribution in [3.63, 3.8) is 0 Å². The number of carbonyl (C=O) groups is 1. The van der Waals surface area contributed by atoms with Gasteiger partial charge < -0.3 is 9.47 Å². The maximum absolute atomic E-state index is 13.8. The lowest BCUT2D eigenvalue weighted by Crippen LogP contribution is -2.17. The van der Waals surface area contributed by atoms with Gasteiger partial charge in [-0.05, 0) is 60.4 Å². The number of aryl methyl sites for hydroxylation is 1. The summed E-state index contributed by atoms with van der Waals surface area (Å²) in [5, 5.41) is 1.50. The van der Waals surface area contributed by atoms with Crippen molar-refractivity contribution >= 4 is 34.4 Å². The molecular formula is C28H22ClNO3. The largest absolute Gasteiger partial charge is 0.493 e. The Morgan fingerprint density at radius 3 is 2.42 bits per heavy atom. The fourth-order valence-electron chi connectivity index (χ4n) is 4.43. The molecule has 4 aromatic rings. The van der Waals surface area contributed by atoms with Crippen LogP contribution in [0, 0.1) is 0 Å². The molecule has 1 aliphatic rings. The molecule has 0 unspecified atom stereocenters. The Morgan fingerprint density at radius 1 is 0.879 bits per heavy atom. The highest BCUT2D eigenvalue weighted by molar-refractivity contribution is 6.31. The first-order chi connectivity index (χ1) is 16.1. The average Bonchev–Trinajstić information content (AvgIpc) is 2.85. The van der Waals surface area contributed by atoms with E-state index in [0.29, 0.717) is 34.9 Å². The van der Waals surface area contributed by atoms with Crippen molar-refractivity contribution in [2.75, 3.05) is 14.2 Å². The minimum absolute atomic E-state index is 0.000682. The van der Waals surface area contributed by atoms with Crippen LogP contribution in [0.2, 0.25) is 5.02 Å². The third-order valence-corrected chi connectivity index (χ3v) is 6.22. The van der Waals surface area contributed by atoms with Crippen molar-refractivity contribution < 1.29 is 14.3 Å². The molecule has 0 spiro atoms. The Bertz CT molecular complexity index is 1410. The van der Waals surface area contributed by atoms with Gasteiger partial charge in [-0.25, -0.2) is 0 Å². The summed E-state index contributed by atoms with van der Waals surface area (Å²) in [4.78, 5) is 18.7. The molecule has 0 amide bonds. The van der Waals surface area contributed by atoms with Crippen molar-refractivity contribution in [1.29, 1.82) is 0 Å². The van der Waals surface area contributed by atoms with Gasteiger partial charge in [0.05, 0.1) is 31.0 Å². The summed E-state index contributed by atoms with van der Waals surface area (Å²) >= 11 is 6.34. The Balaban J connectivity index is 1.69. The van der Waals surface area contributed by atoms with Crippen LogP contribution in [-0.4, -0.2) is 25.0 Å². The number of aromatic nitrogens is 1. The molecule has 0 fully saturated rings. The predicted octanol–water partition coefficient (Wildman–Crippen LogP) is 6.78. The molecule has 5 rings (SSSR count). The number of halogens is 1. The van der Waals surface area contributed by atoms with Gasteiger partial charge in [-0.15, -0.1) is 0 Å². The van der Waals surface area contributed by atoms with E-state index in [1.807, 2.05) is 72.8 Å². The van der Waals surface area contributed by atoms with Crippen LogP contribution in [0.3, 0.4) is 0 Å². The lowest BCUT2D eigenvalue weighted by atomic mass is 9.83. The minimum Gasteiger partial charge on any atom is -0.493 e. The Hall–Kier alpha value is -3.63. The number of allylic oxidation sites excluding steroid dienone is 1. The monoisotopic (exact) mass is 455 g/mol. The topological polar surface area (TPSA) is 48.4 Å². The molecule has 0 N–H and O–H groups in total. The van der Waals surface area contributed by atoms with E-state index < -0.39 is 0 Å². The number of Topliss-reactive ketones (excluding diaryl/α,β-unsaturated/α-hetero) is 1. The van der Waals surface area contributed by atoms with Crippen molar-refractivity contribution in [1.82, 2.24) is 4.98 Å². The van der Waals surface area contributed by atoms with Crippen molar-refractivity contribution in [3.8, 4) is 22.6 Å². The van der Waals surface area contributed by atoms with E-state index >= 15 is 0 Å². The lowest BCUT2D eigenvalue weighted by molar-refractivity contribution is 0.102. The van der Waals surface area contributed by atoms with Crippen LogP contribution < -0.4 is 9.47 Å². The smallest absolute Gasteiger partial charge is 0.191 e. The molecule has 164 valence electrons. The van der Waals surface area contributed by atoms with E-state index in [-0.39, 0.29) is 5.78 Å². The predicted molar refractivity (Wildman–Crippen MR) is 132 cm³/mol. The van der Waals surface area contributed by atoms with E-state index in [2.05, 4.69) is 0 Å². The number of pyridine rings is 1. The summed E-state index contributed by atoms with van der Waals surface area (Å²) in [5.41, 5.74) is 5.84. The fourth-order valence-corrected chi connectivity index (χ4v) is 4.60. The SMILES string of the molecule is COc1ccc(/C=C2/CCc3nc4ccc(Cl)cc4c(-c4ccccc4)c3C2=O)cc1OC. The van der Waals surface area contributed by atoms with Gasteiger partial charge in [0.25, 0.3) is 0 Å². The number of benzene rings is 3. The summed E-state index contributed by atoms with van der Waals surface area (Å²) in [6.45, 7) is 0. The molecule has 0 radical (unpaired) electrons. The van der Waals surface area contributed by atoms with Crippen molar-refractivity contribution in [3.05, 3.63) is 94.1 Å². The van der Waals surface area contributed by atoms with Crippen LogP contribution >= 0.6 is 11.6 Å². The summed E-state index contributed by atoms with van der Waals surface area (Å²) in [5.74, 6) is 1.28. The van der Waals surface area contributed by atoms with Crippen LogP contribution in [0.4, 0.5) is 0 Å². The average molecular weight is 456 g/mol. The molecular weight excluding hydrogens is 434 g/mol. The van der Waals surface area contributed by atoms with Gasteiger partial charge in [0.15, 0.2) is 17.3 Å². The number of methoxy groups -OCH3 is 2. The van der Waals surface area contributed by atoms with E-state index in [0.717, 1.165) is 38.9 Å². The van der Waals surface area contributed by atoms with Crippen LogP contribution in [-0.2, 0) is 6.42 Å². The molecule has 0 saturated carbocycles. The standard InChI is InChI=1S/C28H22ClNO3/c1-32-24-13-8-17(15-25(24)33-2)14-19-9-11-23-27(28(19)31)26(18-6-4-3-5-7-18)21-16-20(29)10-12-22(21)30-23/h3-8,10,12-16H,9,11H2,1-2H3/b19-14-. The Labute approximate surface area is 197 Å². The summed E-state index contributed by atoms with van der Waals surface area (Å²) in [6.07, 6.45) is 3.25. The van der Waals surface area contributed by atoms with E-state index in [1.165, 1.54) is 0 Å². The van der Waals surface area contributed by atoms with Crippen LogP contribution in [0.5, 0.6) is 11.5 Å². The third kappa shape index (κ3) is 3.87. The summed E-state index contributed by atoms with van der Waals surface area (Å²) in [6, 6.07) is 21.3. The Kier molecular flexibility index (Phi) is 5.61. The number of hydrogen-bond donors (Lipinski definition) is 0. The highest BCUT2D eigenvalue weighted by Crippen LogP contribution is 2.39. The van der Waals surface area contributed by atoms with Crippen LogP contribution in [0.1, 0.15) is 28.0 Å². The van der Waals surface area contributed by atoms with Crippen LogP contribution in [0.15, 0.2) is 72.3 Å². The van der Waals surface area contributed by atoms with Gasteiger partial charge in [-0.1, -0.05) is 48.0 Å². The van der Waals surface area contributed by atoms with Gasteiger partial charge in [0.1, 0.15) is 0 Å². The minimum atomic E-state index is -0.000682. The molecule has 0 saturated heterocycles. The second-order valence-electron chi connectivity index (χ2n) is 7.95. The molecule has 4 nitrogen and oxygen atoms in total. The lowest BCUT2D eigenvalue weighted by Gasteiger charge is -2.22. The van der Waals surface area contributed by atoms with E-state index in [9.17, 15) is 4.79 Å². The molecule has 0 atom stereocenters. The summed E-state index contributed by atoms with van der Waals surface area (Å²) < 4.78 is 10.8. The number of fused-ring (bicyclic) bond motifs is 2. The number of nitrogens with zero attached hydrogens (tertiary/aromatic N) is 1. The first kappa shape index (κ1) is 21.2. The molecule has 5 heteroatoms. The molecule has 1 aromatic heterocycles. The van der Waals surface area contributed by atoms with E-state index in [1.54, 1.807) is 14.2 Å². The second-order valence-corrected chi connectivity index (χ2v) is 8.39. The first-order valence-corrected chi connectivity index (χ1v) is 11.1. The highest BCUT2D eigenvalue weighted by atomic mass is 35.5. The first-order valence-electron chi connectivity index (χ1n) is 10.7. The maximum atomic E-state index is 13.8. The zero-order chi connectivity index (χ0) is 22.9. The third-order valence-electron chi connectivity index (χ3n) is 5.98. The second kappa shape index (κ2) is 8.72. The van der Waals surface area contributed by atoms with Gasteiger partial charge in [0.2, 0.25) is 0 Å². The molecule has 1 heterocycles. The number of carbonyl (C=O) groups excluding carboxylic acids is 1.